The van der Waals surface area contributed by atoms with Crippen LogP contribution >= 0.6 is 0 Å². The zero-order chi connectivity index (χ0) is 33.3. The number of piperidine rings is 1. The van der Waals surface area contributed by atoms with Gasteiger partial charge in [-0.25, -0.2) is 4.79 Å². The fourth-order valence-electron chi connectivity index (χ4n) is 8.73. The predicted octanol–water partition coefficient (Wildman–Crippen LogP) is 4.20. The molecule has 0 radical (unpaired) electrons. The Hall–Kier alpha value is -3.76. The number of carbonyl (C=O) groups is 2. The van der Waals surface area contributed by atoms with E-state index in [1.807, 2.05) is 35.2 Å². The Morgan fingerprint density at radius 1 is 0.917 bits per heavy atom. The molecule has 1 aromatic heterocycles. The van der Waals surface area contributed by atoms with Crippen molar-refractivity contribution in [2.24, 2.45) is 10.8 Å². The van der Waals surface area contributed by atoms with E-state index >= 15 is 0 Å². The Morgan fingerprint density at radius 3 is 2.38 bits per heavy atom. The first-order valence-corrected chi connectivity index (χ1v) is 19.6. The van der Waals surface area contributed by atoms with Gasteiger partial charge in [-0.15, -0.1) is 0 Å². The molecule has 4 aromatic rings. The number of benzene rings is 3. The first kappa shape index (κ1) is 31.5. The van der Waals surface area contributed by atoms with Crippen LogP contribution in [0.4, 0.5) is 0 Å². The molecule has 0 spiro atoms. The number of fused-ring (bicyclic) bond motifs is 5. The van der Waals surface area contributed by atoms with Crippen molar-refractivity contribution in [1.82, 2.24) is 19.4 Å². The summed E-state index contributed by atoms with van der Waals surface area (Å²) in [5.41, 5.74) is 7.19. The Balaban J connectivity index is 1.11. The summed E-state index contributed by atoms with van der Waals surface area (Å²) >= 11 is 0.0568. The molecule has 3 aromatic carbocycles. The molecule has 8 heteroatoms. The minimum atomic E-state index is -0.917. The van der Waals surface area contributed by atoms with Gasteiger partial charge in [-0.3, -0.25) is 0 Å². The minimum absolute atomic E-state index is 0.0501. The maximum atomic E-state index is 14.6. The van der Waals surface area contributed by atoms with Gasteiger partial charge >= 0.3 is 229 Å². The zero-order valence-corrected chi connectivity index (χ0v) is 30.0. The summed E-state index contributed by atoms with van der Waals surface area (Å²) in [6.45, 7) is 11.3. The van der Waals surface area contributed by atoms with Crippen LogP contribution in [0.1, 0.15) is 66.3 Å². The molecular weight excluding hydrogens is 711 g/mol. The SMILES string of the molecule is CC1(C)C(c2ccc(C(=O)O)cc2)=CC[C@]2(C)CN(C(=O)c3ccccc3-c3nc4ccccc4n3CC34CCN(CC3)C[I-]4)CC=C12. The summed E-state index contributed by atoms with van der Waals surface area (Å²) in [6, 6.07) is 23.7. The number of allylic oxidation sites excluding steroid dienone is 2. The summed E-state index contributed by atoms with van der Waals surface area (Å²) in [5.74, 6) is 0.0422. The van der Waals surface area contributed by atoms with E-state index in [9.17, 15) is 14.7 Å². The fourth-order valence-corrected chi connectivity index (χ4v) is 12.5. The zero-order valence-electron chi connectivity index (χ0n) is 27.9. The number of nitrogens with zero attached hydrogens (tertiary/aromatic N) is 4. The van der Waals surface area contributed by atoms with E-state index in [0.717, 1.165) is 41.0 Å². The molecule has 0 saturated carbocycles. The van der Waals surface area contributed by atoms with Crippen LogP contribution in [0.2, 0.25) is 0 Å². The number of rotatable bonds is 6. The second kappa shape index (κ2) is 11.7. The first-order chi connectivity index (χ1) is 23.1. The molecule has 1 atom stereocenters. The standard InChI is InChI=1S/C40H42IN4O3/c1-38(2)31(27-12-14-28(15-13-27)37(47)48)16-18-39(3)24-44(21-17-34(38)39)36(46)30-9-5-4-8-29(30)35-42-32-10-6-7-11-33(32)45(35)25-40-19-22-43(23-20-40)26-41-40/h4-17H,18-26H2,1-3H3,(H,47,48)/q-1/t39-/m1/s1. The van der Waals surface area contributed by atoms with Gasteiger partial charge in [-0.2, -0.15) is 0 Å². The second-order valence-electron chi connectivity index (χ2n) is 14.8. The van der Waals surface area contributed by atoms with E-state index in [1.165, 1.54) is 41.6 Å². The molecule has 248 valence electrons. The number of aromatic nitrogens is 2. The molecule has 1 aliphatic carbocycles. The number of carboxylic acids is 1. The van der Waals surface area contributed by atoms with Crippen molar-refractivity contribution in [3.8, 4) is 11.4 Å². The number of hydrogen-bond acceptors (Lipinski definition) is 4. The molecule has 7 nitrogen and oxygen atoms in total. The number of hydrogen-bond donors (Lipinski definition) is 1. The van der Waals surface area contributed by atoms with Crippen LogP contribution in [-0.4, -0.2) is 70.5 Å². The van der Waals surface area contributed by atoms with Gasteiger partial charge in [0, 0.05) is 0 Å². The van der Waals surface area contributed by atoms with Gasteiger partial charge in [0.1, 0.15) is 0 Å². The summed E-state index contributed by atoms with van der Waals surface area (Å²) < 4.78 is 4.10. The molecule has 4 aliphatic heterocycles. The van der Waals surface area contributed by atoms with Crippen LogP contribution in [-0.2, 0) is 6.54 Å². The number of carboxylic acid groups (broad SMARTS) is 1. The van der Waals surface area contributed by atoms with Gasteiger partial charge in [0.2, 0.25) is 0 Å². The summed E-state index contributed by atoms with van der Waals surface area (Å²) in [7, 11) is 0. The van der Waals surface area contributed by atoms with Gasteiger partial charge in [0.25, 0.3) is 0 Å². The van der Waals surface area contributed by atoms with E-state index in [0.29, 0.717) is 27.6 Å². The second-order valence-corrected chi connectivity index (χ2v) is 18.5. The Bertz CT molecular complexity index is 1990. The van der Waals surface area contributed by atoms with Crippen molar-refractivity contribution < 1.29 is 35.9 Å². The van der Waals surface area contributed by atoms with Crippen LogP contribution in [0.25, 0.3) is 28.0 Å². The summed E-state index contributed by atoms with van der Waals surface area (Å²) in [4.78, 5) is 35.9. The normalized spacial score (nSPS) is 26.3. The van der Waals surface area contributed by atoms with E-state index in [2.05, 4.69) is 72.7 Å². The molecule has 3 fully saturated rings. The van der Waals surface area contributed by atoms with Crippen molar-refractivity contribution in [2.45, 2.75) is 50.0 Å². The third kappa shape index (κ3) is 5.23. The molecule has 5 aliphatic rings. The van der Waals surface area contributed by atoms with Crippen LogP contribution in [0.3, 0.4) is 0 Å². The van der Waals surface area contributed by atoms with E-state index in [1.54, 1.807) is 12.1 Å². The van der Waals surface area contributed by atoms with Gasteiger partial charge in [-0.1, -0.05) is 26.0 Å². The summed E-state index contributed by atoms with van der Waals surface area (Å²) in [5, 5.41) is 9.39. The molecule has 9 rings (SSSR count). The van der Waals surface area contributed by atoms with E-state index < -0.39 is 5.97 Å². The van der Waals surface area contributed by atoms with Crippen molar-refractivity contribution in [2.75, 3.05) is 30.7 Å². The van der Waals surface area contributed by atoms with Crippen LogP contribution in [0.5, 0.6) is 0 Å². The van der Waals surface area contributed by atoms with Crippen molar-refractivity contribution in [1.29, 1.82) is 0 Å². The van der Waals surface area contributed by atoms with E-state index in [4.69, 9.17) is 4.98 Å². The molecule has 3 saturated heterocycles. The average molecular weight is 754 g/mol. The van der Waals surface area contributed by atoms with Gasteiger partial charge in [-0.05, 0) is 23.3 Å². The number of amides is 1. The van der Waals surface area contributed by atoms with E-state index in [-0.39, 0.29) is 37.9 Å². The Morgan fingerprint density at radius 2 is 1.65 bits per heavy atom. The van der Waals surface area contributed by atoms with Crippen LogP contribution < -0.4 is 21.2 Å². The van der Waals surface area contributed by atoms with Crippen molar-refractivity contribution in [3.05, 3.63) is 107 Å². The van der Waals surface area contributed by atoms with Gasteiger partial charge < -0.3 is 5.11 Å². The van der Waals surface area contributed by atoms with Crippen molar-refractivity contribution in [3.63, 3.8) is 0 Å². The third-order valence-electron chi connectivity index (χ3n) is 11.3. The molecular formula is C40H42IN4O3-. The number of carbonyl (C=O) groups excluding carboxylic acids is 1. The van der Waals surface area contributed by atoms with Crippen molar-refractivity contribution >= 4 is 28.5 Å². The number of alkyl halides is 2. The van der Waals surface area contributed by atoms with Gasteiger partial charge in [0.05, 0.1) is 5.56 Å². The molecule has 48 heavy (non-hydrogen) atoms. The molecule has 5 heterocycles. The first-order valence-electron chi connectivity index (χ1n) is 17.0. The molecule has 1 N–H and O–H groups in total. The topological polar surface area (TPSA) is 78.7 Å². The molecule has 1 amide bonds. The number of imidazole rings is 1. The fraction of sp³-hybridized carbons (Fsp3) is 0.375. The maximum absolute atomic E-state index is 14.6. The number of halogens is 1. The monoisotopic (exact) mass is 753 g/mol. The predicted molar refractivity (Wildman–Crippen MR) is 185 cm³/mol. The quantitative estimate of drug-likeness (QED) is 0.138. The number of para-hydroxylation sites is 2. The third-order valence-corrected chi connectivity index (χ3v) is 15.6. The van der Waals surface area contributed by atoms with Crippen LogP contribution in [0.15, 0.2) is 90.5 Å². The summed E-state index contributed by atoms with van der Waals surface area (Å²) in [6.07, 6.45) is 7.90. The Labute approximate surface area is 292 Å². The molecule has 0 unspecified atom stereocenters. The molecule has 2 bridgehead atoms. The van der Waals surface area contributed by atoms with Crippen LogP contribution in [0, 0.1) is 10.8 Å². The Kier molecular flexibility index (Phi) is 7.67. The average Bonchev–Trinajstić information content (AvgIpc) is 3.45. The van der Waals surface area contributed by atoms with Gasteiger partial charge in [0.15, 0.2) is 0 Å². The number of aromatic carboxylic acids is 1.